The monoisotopic (exact) mass is 231 g/mol. The lowest BCUT2D eigenvalue weighted by Gasteiger charge is -2.10. The highest BCUT2D eigenvalue weighted by Gasteiger charge is 2.08. The summed E-state index contributed by atoms with van der Waals surface area (Å²) in [6, 6.07) is 10.0. The van der Waals surface area contributed by atoms with Crippen LogP contribution >= 0.6 is 0 Å². The lowest BCUT2D eigenvalue weighted by atomic mass is 10.1. The Morgan fingerprint density at radius 3 is 2.82 bits per heavy atom. The zero-order valence-electron chi connectivity index (χ0n) is 10.2. The summed E-state index contributed by atoms with van der Waals surface area (Å²) in [5.41, 5.74) is 1.98. The molecule has 1 heterocycles. The Morgan fingerprint density at radius 1 is 1.35 bits per heavy atom. The highest BCUT2D eigenvalue weighted by molar-refractivity contribution is 5.80. The van der Waals surface area contributed by atoms with Gasteiger partial charge in [-0.2, -0.15) is 0 Å². The molecular formula is C14H17NO2. The van der Waals surface area contributed by atoms with Crippen LogP contribution in [0.2, 0.25) is 0 Å². The zero-order valence-corrected chi connectivity index (χ0v) is 10.2. The summed E-state index contributed by atoms with van der Waals surface area (Å²) in [5.74, 6) is 0.657. The van der Waals surface area contributed by atoms with Crippen molar-refractivity contribution in [2.24, 2.45) is 0 Å². The fourth-order valence-corrected chi connectivity index (χ4v) is 1.86. The largest absolute Gasteiger partial charge is 0.481 e. The average molecular weight is 231 g/mol. The van der Waals surface area contributed by atoms with E-state index in [4.69, 9.17) is 4.74 Å². The van der Waals surface area contributed by atoms with Crippen molar-refractivity contribution in [2.75, 3.05) is 7.11 Å². The van der Waals surface area contributed by atoms with Crippen molar-refractivity contribution >= 4 is 10.9 Å². The van der Waals surface area contributed by atoms with Crippen LogP contribution in [0.4, 0.5) is 0 Å². The fraction of sp³-hybridized carbons (Fsp3) is 0.357. The maximum atomic E-state index is 9.33. The highest BCUT2D eigenvalue weighted by atomic mass is 16.5. The van der Waals surface area contributed by atoms with Crippen LogP contribution in [0.1, 0.15) is 18.9 Å². The molecule has 0 saturated carbocycles. The van der Waals surface area contributed by atoms with Gasteiger partial charge in [0.1, 0.15) is 0 Å². The zero-order chi connectivity index (χ0) is 12.3. The lowest BCUT2D eigenvalue weighted by Crippen LogP contribution is -2.03. The summed E-state index contributed by atoms with van der Waals surface area (Å²) in [4.78, 5) is 4.47. The second kappa shape index (κ2) is 5.15. The molecule has 1 aromatic carbocycles. The van der Waals surface area contributed by atoms with E-state index in [1.165, 1.54) is 0 Å². The highest BCUT2D eigenvalue weighted by Crippen LogP contribution is 2.23. The number of ether oxygens (including phenoxy) is 1. The first-order valence-corrected chi connectivity index (χ1v) is 5.81. The van der Waals surface area contributed by atoms with Crippen molar-refractivity contribution < 1.29 is 9.84 Å². The molecule has 0 aliphatic heterocycles. The Balaban J connectivity index is 2.38. The second-order valence-corrected chi connectivity index (χ2v) is 4.24. The van der Waals surface area contributed by atoms with E-state index in [0.717, 1.165) is 29.3 Å². The van der Waals surface area contributed by atoms with E-state index in [2.05, 4.69) is 11.1 Å². The van der Waals surface area contributed by atoms with E-state index in [-0.39, 0.29) is 6.10 Å². The number of aromatic nitrogens is 1. The van der Waals surface area contributed by atoms with E-state index in [1.807, 2.05) is 24.3 Å². The van der Waals surface area contributed by atoms with Gasteiger partial charge in [0.15, 0.2) is 0 Å². The number of aliphatic hydroxyl groups is 1. The Morgan fingerprint density at radius 2 is 2.12 bits per heavy atom. The molecule has 0 amide bonds. The molecule has 3 heteroatoms. The van der Waals surface area contributed by atoms with Crippen molar-refractivity contribution in [1.82, 2.24) is 4.98 Å². The van der Waals surface area contributed by atoms with Crippen LogP contribution in [0, 0.1) is 0 Å². The number of aliphatic hydroxyl groups excluding tert-OH is 1. The van der Waals surface area contributed by atoms with Crippen LogP contribution in [-0.2, 0) is 6.42 Å². The number of nitrogens with zero attached hydrogens (tertiary/aromatic N) is 1. The first kappa shape index (κ1) is 11.9. The molecular weight excluding hydrogens is 214 g/mol. The smallest absolute Gasteiger partial charge is 0.216 e. The first-order chi connectivity index (χ1) is 8.20. The molecule has 3 nitrogen and oxygen atoms in total. The summed E-state index contributed by atoms with van der Waals surface area (Å²) >= 11 is 0. The van der Waals surface area contributed by atoms with E-state index >= 15 is 0 Å². The van der Waals surface area contributed by atoms with Gasteiger partial charge in [0.25, 0.3) is 0 Å². The van der Waals surface area contributed by atoms with Gasteiger partial charge in [-0.05, 0) is 31.9 Å². The number of rotatable bonds is 4. The Kier molecular flexibility index (Phi) is 3.59. The van der Waals surface area contributed by atoms with E-state index < -0.39 is 0 Å². The normalized spacial score (nSPS) is 12.6. The number of hydrogen-bond donors (Lipinski definition) is 1. The quantitative estimate of drug-likeness (QED) is 0.879. The lowest BCUT2D eigenvalue weighted by molar-refractivity contribution is 0.184. The van der Waals surface area contributed by atoms with Crippen LogP contribution in [0.3, 0.4) is 0 Å². The van der Waals surface area contributed by atoms with Crippen LogP contribution in [0.25, 0.3) is 10.9 Å². The number of aryl methyl sites for hydroxylation is 1. The molecule has 2 aromatic rings. The van der Waals surface area contributed by atoms with Crippen molar-refractivity contribution in [3.63, 3.8) is 0 Å². The van der Waals surface area contributed by atoms with Crippen molar-refractivity contribution in [3.8, 4) is 5.88 Å². The van der Waals surface area contributed by atoms with Gasteiger partial charge in [-0.15, -0.1) is 0 Å². The molecule has 1 atom stereocenters. The third-order valence-corrected chi connectivity index (χ3v) is 2.79. The van der Waals surface area contributed by atoms with Gasteiger partial charge in [0, 0.05) is 10.9 Å². The van der Waals surface area contributed by atoms with Gasteiger partial charge in [-0.1, -0.05) is 18.2 Å². The topological polar surface area (TPSA) is 42.4 Å². The molecule has 17 heavy (non-hydrogen) atoms. The number of methoxy groups -OCH3 is 1. The molecule has 0 aliphatic rings. The molecule has 1 N–H and O–H groups in total. The van der Waals surface area contributed by atoms with Crippen molar-refractivity contribution in [3.05, 3.63) is 35.9 Å². The summed E-state index contributed by atoms with van der Waals surface area (Å²) in [6.07, 6.45) is 1.20. The van der Waals surface area contributed by atoms with E-state index in [1.54, 1.807) is 14.0 Å². The molecule has 0 aliphatic carbocycles. The molecule has 2 rings (SSSR count). The van der Waals surface area contributed by atoms with Gasteiger partial charge >= 0.3 is 0 Å². The maximum absolute atomic E-state index is 9.33. The Bertz CT molecular complexity index is 509. The summed E-state index contributed by atoms with van der Waals surface area (Å²) in [7, 11) is 1.63. The minimum absolute atomic E-state index is 0.300. The SMILES string of the molecule is COc1nc2ccccc2cc1CC[C@H](C)O. The minimum Gasteiger partial charge on any atom is -0.481 e. The van der Waals surface area contributed by atoms with Gasteiger partial charge in [-0.25, -0.2) is 4.98 Å². The first-order valence-electron chi connectivity index (χ1n) is 5.81. The summed E-state index contributed by atoms with van der Waals surface area (Å²) in [6.45, 7) is 1.79. The maximum Gasteiger partial charge on any atom is 0.216 e. The fourth-order valence-electron chi connectivity index (χ4n) is 1.86. The molecule has 0 spiro atoms. The standard InChI is InChI=1S/C14H17NO2/c1-10(16)7-8-12-9-11-5-3-4-6-13(11)15-14(12)17-2/h3-6,9-10,16H,7-8H2,1-2H3/t10-/m0/s1. The third-order valence-electron chi connectivity index (χ3n) is 2.79. The number of pyridine rings is 1. The molecule has 0 bridgehead atoms. The van der Waals surface area contributed by atoms with Gasteiger partial charge in [-0.3, -0.25) is 0 Å². The Hall–Kier alpha value is -1.61. The summed E-state index contributed by atoms with van der Waals surface area (Å²) < 4.78 is 5.29. The van der Waals surface area contributed by atoms with Crippen LogP contribution in [-0.4, -0.2) is 23.3 Å². The molecule has 0 unspecified atom stereocenters. The predicted molar refractivity (Wildman–Crippen MR) is 68.3 cm³/mol. The van der Waals surface area contributed by atoms with Crippen molar-refractivity contribution in [2.45, 2.75) is 25.9 Å². The minimum atomic E-state index is -0.300. The Labute approximate surface area is 101 Å². The number of para-hydroxylation sites is 1. The molecule has 0 saturated heterocycles. The van der Waals surface area contributed by atoms with Crippen molar-refractivity contribution in [1.29, 1.82) is 0 Å². The average Bonchev–Trinajstić information content (AvgIpc) is 2.35. The predicted octanol–water partition coefficient (Wildman–Crippen LogP) is 2.56. The number of fused-ring (bicyclic) bond motifs is 1. The molecule has 90 valence electrons. The van der Waals surface area contributed by atoms with E-state index in [0.29, 0.717) is 5.88 Å². The third kappa shape index (κ3) is 2.74. The van der Waals surface area contributed by atoms with Crippen LogP contribution in [0.5, 0.6) is 5.88 Å². The van der Waals surface area contributed by atoms with Gasteiger partial charge in [0.05, 0.1) is 18.7 Å². The molecule has 1 aromatic heterocycles. The summed E-state index contributed by atoms with van der Waals surface area (Å²) in [5, 5.41) is 10.4. The molecule has 0 fully saturated rings. The van der Waals surface area contributed by atoms with Gasteiger partial charge < -0.3 is 9.84 Å². The van der Waals surface area contributed by atoms with Gasteiger partial charge in [0.2, 0.25) is 5.88 Å². The molecule has 0 radical (unpaired) electrons. The van der Waals surface area contributed by atoms with E-state index in [9.17, 15) is 5.11 Å². The van der Waals surface area contributed by atoms with Crippen LogP contribution in [0.15, 0.2) is 30.3 Å². The number of hydrogen-bond acceptors (Lipinski definition) is 3. The second-order valence-electron chi connectivity index (χ2n) is 4.24. The number of benzene rings is 1. The van der Waals surface area contributed by atoms with Crippen LogP contribution < -0.4 is 4.74 Å².